The van der Waals surface area contributed by atoms with Crippen LogP contribution in [-0.2, 0) is 17.9 Å². The van der Waals surface area contributed by atoms with Crippen molar-refractivity contribution in [3.63, 3.8) is 0 Å². The molecule has 0 radical (unpaired) electrons. The minimum Gasteiger partial charge on any atom is -0.497 e. The summed E-state index contributed by atoms with van der Waals surface area (Å²) in [5.74, 6) is 1.40. The van der Waals surface area contributed by atoms with Crippen molar-refractivity contribution in [1.29, 1.82) is 0 Å². The Balaban J connectivity index is 1.64. The van der Waals surface area contributed by atoms with E-state index < -0.39 is 0 Å². The zero-order chi connectivity index (χ0) is 22.9. The Morgan fingerprint density at radius 3 is 2.47 bits per heavy atom. The maximum absolute atomic E-state index is 12.4. The van der Waals surface area contributed by atoms with Crippen LogP contribution in [0.1, 0.15) is 28.5 Å². The number of pyridine rings is 1. The molecule has 0 saturated carbocycles. The maximum atomic E-state index is 12.4. The van der Waals surface area contributed by atoms with Crippen LogP contribution in [0.3, 0.4) is 0 Å². The number of carbonyl (C=O) groups excluding carboxylic acids is 1. The van der Waals surface area contributed by atoms with E-state index in [2.05, 4.69) is 0 Å². The lowest BCUT2D eigenvalue weighted by atomic mass is 10.1. The Kier molecular flexibility index (Phi) is 7.91. The summed E-state index contributed by atoms with van der Waals surface area (Å²) in [6, 6.07) is 15.8. The summed E-state index contributed by atoms with van der Waals surface area (Å²) in [6.45, 7) is 5.04. The summed E-state index contributed by atoms with van der Waals surface area (Å²) in [5, 5.41) is 0. The summed E-state index contributed by atoms with van der Waals surface area (Å²) in [5.41, 5.74) is 1.73. The molecule has 0 N–H and O–H groups in total. The van der Waals surface area contributed by atoms with E-state index in [-0.39, 0.29) is 23.8 Å². The molecule has 168 valence electrons. The van der Waals surface area contributed by atoms with Crippen LogP contribution >= 0.6 is 0 Å². The van der Waals surface area contributed by atoms with Crippen molar-refractivity contribution in [3.05, 3.63) is 87.8 Å². The number of esters is 1. The Morgan fingerprint density at radius 1 is 1.00 bits per heavy atom. The van der Waals surface area contributed by atoms with E-state index in [4.69, 9.17) is 18.9 Å². The number of hydrogen-bond donors (Lipinski definition) is 0. The predicted octanol–water partition coefficient (Wildman–Crippen LogP) is 4.00. The molecule has 2 aromatic carbocycles. The van der Waals surface area contributed by atoms with Gasteiger partial charge >= 0.3 is 5.97 Å². The minimum atomic E-state index is -0.385. The van der Waals surface area contributed by atoms with Crippen molar-refractivity contribution in [2.75, 3.05) is 20.3 Å². The third-order valence-corrected chi connectivity index (χ3v) is 4.87. The third-order valence-electron chi connectivity index (χ3n) is 4.87. The molecule has 0 fully saturated rings. The highest BCUT2D eigenvalue weighted by molar-refractivity contribution is 5.89. The van der Waals surface area contributed by atoms with Crippen LogP contribution in [0.5, 0.6) is 17.2 Å². The lowest BCUT2D eigenvalue weighted by Crippen LogP contribution is -2.17. The molecule has 0 unspecified atom stereocenters. The Labute approximate surface area is 187 Å². The van der Waals surface area contributed by atoms with Gasteiger partial charge in [-0.3, -0.25) is 4.79 Å². The number of aromatic nitrogens is 1. The monoisotopic (exact) mass is 437 g/mol. The minimum absolute atomic E-state index is 0.162. The standard InChI is InChI=1S/C25H27NO6/c1-4-30-25(28)20-7-5-6-19(16-20)17-32-24-18(2)26(13-12-23(24)27)14-15-31-22-10-8-21(29-3)9-11-22/h5-13,16H,4,14-15,17H2,1-3H3. The molecule has 1 heterocycles. The first-order valence-corrected chi connectivity index (χ1v) is 10.4. The molecule has 3 rings (SSSR count). The molecule has 0 saturated heterocycles. The lowest BCUT2D eigenvalue weighted by molar-refractivity contribution is 0.0526. The van der Waals surface area contributed by atoms with E-state index >= 15 is 0 Å². The van der Waals surface area contributed by atoms with Gasteiger partial charge in [0.05, 0.1) is 31.5 Å². The number of methoxy groups -OCH3 is 1. The zero-order valence-electron chi connectivity index (χ0n) is 18.5. The van der Waals surface area contributed by atoms with Gasteiger partial charge in [-0.1, -0.05) is 12.1 Å². The fourth-order valence-electron chi connectivity index (χ4n) is 3.16. The molecule has 0 aliphatic carbocycles. The lowest BCUT2D eigenvalue weighted by Gasteiger charge is -2.15. The molecule has 0 amide bonds. The van der Waals surface area contributed by atoms with Gasteiger partial charge in [0, 0.05) is 12.3 Å². The highest BCUT2D eigenvalue weighted by atomic mass is 16.5. The molecule has 3 aromatic rings. The van der Waals surface area contributed by atoms with Gasteiger partial charge in [0.1, 0.15) is 24.7 Å². The van der Waals surface area contributed by atoms with E-state index in [9.17, 15) is 9.59 Å². The van der Waals surface area contributed by atoms with Crippen LogP contribution in [0, 0.1) is 6.92 Å². The molecular formula is C25H27NO6. The Bertz CT molecular complexity index is 1100. The van der Waals surface area contributed by atoms with Crippen molar-refractivity contribution in [2.24, 2.45) is 0 Å². The molecule has 0 atom stereocenters. The second-order valence-corrected chi connectivity index (χ2v) is 7.02. The molecule has 0 aliphatic heterocycles. The first-order chi connectivity index (χ1) is 15.5. The summed E-state index contributed by atoms with van der Waals surface area (Å²) in [4.78, 5) is 24.3. The number of nitrogens with zero attached hydrogens (tertiary/aromatic N) is 1. The fraction of sp³-hybridized carbons (Fsp3) is 0.280. The van der Waals surface area contributed by atoms with E-state index in [0.29, 0.717) is 31.0 Å². The van der Waals surface area contributed by atoms with Gasteiger partial charge in [0.2, 0.25) is 5.43 Å². The first kappa shape index (κ1) is 22.9. The Hall–Kier alpha value is -3.74. The molecular weight excluding hydrogens is 410 g/mol. The van der Waals surface area contributed by atoms with Gasteiger partial charge in [-0.15, -0.1) is 0 Å². The van der Waals surface area contributed by atoms with Gasteiger partial charge < -0.3 is 23.5 Å². The van der Waals surface area contributed by atoms with Crippen molar-refractivity contribution < 1.29 is 23.7 Å². The van der Waals surface area contributed by atoms with E-state index in [0.717, 1.165) is 17.1 Å². The molecule has 0 bridgehead atoms. The molecule has 1 aromatic heterocycles. The molecule has 7 heteroatoms. The predicted molar refractivity (Wildman–Crippen MR) is 121 cm³/mol. The van der Waals surface area contributed by atoms with Crippen molar-refractivity contribution in [2.45, 2.75) is 27.0 Å². The van der Waals surface area contributed by atoms with E-state index in [1.807, 2.05) is 41.8 Å². The number of carbonyl (C=O) groups is 1. The highest BCUT2D eigenvalue weighted by Gasteiger charge is 2.11. The third kappa shape index (κ3) is 5.91. The number of benzene rings is 2. The van der Waals surface area contributed by atoms with Crippen LogP contribution in [0.15, 0.2) is 65.6 Å². The van der Waals surface area contributed by atoms with E-state index in [1.54, 1.807) is 38.4 Å². The number of hydrogen-bond acceptors (Lipinski definition) is 6. The molecule has 7 nitrogen and oxygen atoms in total. The smallest absolute Gasteiger partial charge is 0.338 e. The quantitative estimate of drug-likeness (QED) is 0.446. The van der Waals surface area contributed by atoms with Crippen LogP contribution < -0.4 is 19.6 Å². The van der Waals surface area contributed by atoms with Crippen LogP contribution in [0.2, 0.25) is 0 Å². The summed E-state index contributed by atoms with van der Waals surface area (Å²) in [7, 11) is 1.62. The normalized spacial score (nSPS) is 10.5. The van der Waals surface area contributed by atoms with Gasteiger partial charge in [-0.25, -0.2) is 4.79 Å². The summed E-state index contributed by atoms with van der Waals surface area (Å²) in [6.07, 6.45) is 1.73. The van der Waals surface area contributed by atoms with E-state index in [1.165, 1.54) is 6.07 Å². The van der Waals surface area contributed by atoms with Crippen LogP contribution in [0.25, 0.3) is 0 Å². The second kappa shape index (κ2) is 11.0. The highest BCUT2D eigenvalue weighted by Crippen LogP contribution is 2.18. The molecule has 0 spiro atoms. The SMILES string of the molecule is CCOC(=O)c1cccc(COc2c(C)n(CCOc3ccc(OC)cc3)ccc2=O)c1. The maximum Gasteiger partial charge on any atom is 0.338 e. The van der Waals surface area contributed by atoms with Crippen molar-refractivity contribution in [1.82, 2.24) is 4.57 Å². The van der Waals surface area contributed by atoms with Crippen LogP contribution in [-0.4, -0.2) is 30.9 Å². The van der Waals surface area contributed by atoms with Gasteiger partial charge in [-0.2, -0.15) is 0 Å². The first-order valence-electron chi connectivity index (χ1n) is 10.4. The fourth-order valence-corrected chi connectivity index (χ4v) is 3.16. The Morgan fingerprint density at radius 2 is 1.75 bits per heavy atom. The molecule has 0 aliphatic rings. The largest absolute Gasteiger partial charge is 0.497 e. The zero-order valence-corrected chi connectivity index (χ0v) is 18.5. The summed E-state index contributed by atoms with van der Waals surface area (Å²) >= 11 is 0. The second-order valence-electron chi connectivity index (χ2n) is 7.02. The number of ether oxygens (including phenoxy) is 4. The number of rotatable bonds is 10. The summed E-state index contributed by atoms with van der Waals surface area (Å²) < 4.78 is 23.7. The van der Waals surface area contributed by atoms with Gasteiger partial charge in [0.25, 0.3) is 0 Å². The van der Waals surface area contributed by atoms with Crippen molar-refractivity contribution in [3.8, 4) is 17.2 Å². The van der Waals surface area contributed by atoms with Crippen LogP contribution in [0.4, 0.5) is 0 Å². The molecule has 32 heavy (non-hydrogen) atoms. The average Bonchev–Trinajstić information content (AvgIpc) is 2.81. The van der Waals surface area contributed by atoms with Gasteiger partial charge in [-0.05, 0) is 55.8 Å². The topological polar surface area (TPSA) is 76.0 Å². The average molecular weight is 437 g/mol. The van der Waals surface area contributed by atoms with Crippen molar-refractivity contribution >= 4 is 5.97 Å². The van der Waals surface area contributed by atoms with Gasteiger partial charge in [0.15, 0.2) is 5.75 Å².